The van der Waals surface area contributed by atoms with Crippen LogP contribution in [0.15, 0.2) is 36.5 Å². The molecule has 122 valence electrons. The Morgan fingerprint density at radius 1 is 1.09 bits per heavy atom. The van der Waals surface area contributed by atoms with Crippen molar-refractivity contribution in [1.29, 1.82) is 0 Å². The van der Waals surface area contributed by atoms with Crippen LogP contribution in [0.25, 0.3) is 10.9 Å². The molecule has 0 aliphatic carbocycles. The van der Waals surface area contributed by atoms with E-state index in [0.717, 1.165) is 29.3 Å². The summed E-state index contributed by atoms with van der Waals surface area (Å²) in [4.78, 5) is 4.51. The van der Waals surface area contributed by atoms with Crippen molar-refractivity contribution >= 4 is 10.9 Å². The van der Waals surface area contributed by atoms with Crippen LogP contribution >= 0.6 is 0 Å². The first-order valence-electron chi connectivity index (χ1n) is 9.07. The standard InChI is InChI=1S/C20H27N2O/c1-22-13-3-2-10-18(22)17(9-6-14-22)15-23-19-11-4-7-16-8-5-12-21-20(16)19/h4-5,7-8,11-12,17-18H,2-3,6,9-10,13-15H2,1H3/q+1. The predicted octanol–water partition coefficient (Wildman–Crippen LogP) is 4.02. The largest absolute Gasteiger partial charge is 0.491 e. The van der Waals surface area contributed by atoms with Crippen LogP contribution in [0, 0.1) is 5.92 Å². The third-order valence-electron chi connectivity index (χ3n) is 6.06. The Kier molecular flexibility index (Phi) is 3.98. The van der Waals surface area contributed by atoms with Crippen LogP contribution in [-0.4, -0.2) is 42.3 Å². The number of benzene rings is 1. The Hall–Kier alpha value is -1.61. The van der Waals surface area contributed by atoms with Gasteiger partial charge in [0.05, 0.1) is 32.8 Å². The van der Waals surface area contributed by atoms with Gasteiger partial charge in [-0.15, -0.1) is 0 Å². The first-order chi connectivity index (χ1) is 11.3. The van der Waals surface area contributed by atoms with Crippen LogP contribution < -0.4 is 4.74 Å². The molecular formula is C20H27N2O+. The van der Waals surface area contributed by atoms with Crippen molar-refractivity contribution in [3.8, 4) is 5.75 Å². The lowest BCUT2D eigenvalue weighted by atomic mass is 9.82. The maximum atomic E-state index is 6.28. The molecule has 2 aliphatic heterocycles. The summed E-state index contributed by atoms with van der Waals surface area (Å²) in [6.07, 6.45) is 8.67. The fraction of sp³-hybridized carbons (Fsp3) is 0.550. The van der Waals surface area contributed by atoms with Crippen LogP contribution in [0.2, 0.25) is 0 Å². The molecule has 3 unspecified atom stereocenters. The van der Waals surface area contributed by atoms with Crippen LogP contribution in [0.3, 0.4) is 0 Å². The van der Waals surface area contributed by atoms with Crippen molar-refractivity contribution in [2.75, 3.05) is 26.7 Å². The zero-order valence-corrected chi connectivity index (χ0v) is 14.1. The van der Waals surface area contributed by atoms with Gasteiger partial charge in [-0.3, -0.25) is 4.98 Å². The SMILES string of the molecule is C[N+]12CCCCC1C(COc1cccc3cccnc13)CCC2. The van der Waals surface area contributed by atoms with Crippen LogP contribution in [0.1, 0.15) is 32.1 Å². The van der Waals surface area contributed by atoms with Gasteiger partial charge < -0.3 is 9.22 Å². The first kappa shape index (κ1) is 14.9. The smallest absolute Gasteiger partial charge is 0.145 e. The minimum Gasteiger partial charge on any atom is -0.491 e. The van der Waals surface area contributed by atoms with Gasteiger partial charge in [-0.25, -0.2) is 0 Å². The van der Waals surface area contributed by atoms with E-state index in [1.807, 2.05) is 12.3 Å². The summed E-state index contributed by atoms with van der Waals surface area (Å²) in [6, 6.07) is 11.1. The van der Waals surface area contributed by atoms with E-state index in [-0.39, 0.29) is 0 Å². The molecule has 0 N–H and O–H groups in total. The number of ether oxygens (including phenoxy) is 1. The molecule has 0 bridgehead atoms. The van der Waals surface area contributed by atoms with E-state index in [1.54, 1.807) is 0 Å². The lowest BCUT2D eigenvalue weighted by Gasteiger charge is -2.51. The molecule has 3 atom stereocenters. The molecule has 2 aliphatic rings. The van der Waals surface area contributed by atoms with Gasteiger partial charge in [0.2, 0.25) is 0 Å². The lowest BCUT2D eigenvalue weighted by molar-refractivity contribution is -0.947. The zero-order chi connectivity index (χ0) is 15.7. The summed E-state index contributed by atoms with van der Waals surface area (Å²) >= 11 is 0. The number of piperidine rings is 2. The number of fused-ring (bicyclic) bond motifs is 2. The fourth-order valence-electron chi connectivity index (χ4n) is 4.82. The molecule has 3 heterocycles. The van der Waals surface area contributed by atoms with Gasteiger partial charge in [0.1, 0.15) is 11.3 Å². The molecule has 0 radical (unpaired) electrons. The second kappa shape index (κ2) is 6.12. The summed E-state index contributed by atoms with van der Waals surface area (Å²) < 4.78 is 7.56. The van der Waals surface area contributed by atoms with Gasteiger partial charge >= 0.3 is 0 Å². The average Bonchev–Trinajstić information content (AvgIpc) is 2.59. The maximum Gasteiger partial charge on any atom is 0.145 e. The first-order valence-corrected chi connectivity index (χ1v) is 9.07. The Bertz CT molecular complexity index is 677. The van der Waals surface area contributed by atoms with Gasteiger partial charge in [-0.2, -0.15) is 0 Å². The molecule has 1 aromatic carbocycles. The van der Waals surface area contributed by atoms with Gasteiger partial charge in [0, 0.05) is 23.9 Å². The molecule has 23 heavy (non-hydrogen) atoms. The molecule has 3 nitrogen and oxygen atoms in total. The van der Waals surface area contributed by atoms with E-state index in [9.17, 15) is 0 Å². The predicted molar refractivity (Wildman–Crippen MR) is 93.5 cm³/mol. The van der Waals surface area contributed by atoms with E-state index in [1.165, 1.54) is 49.7 Å². The molecule has 4 rings (SSSR count). The minimum atomic E-state index is 0.688. The van der Waals surface area contributed by atoms with Crippen LogP contribution in [-0.2, 0) is 0 Å². The van der Waals surface area contributed by atoms with Crippen molar-refractivity contribution in [2.45, 2.75) is 38.1 Å². The minimum absolute atomic E-state index is 0.688. The van der Waals surface area contributed by atoms with Crippen molar-refractivity contribution in [2.24, 2.45) is 5.92 Å². The Labute approximate surface area is 138 Å². The van der Waals surface area contributed by atoms with E-state index in [4.69, 9.17) is 4.74 Å². The number of hydrogen-bond donors (Lipinski definition) is 0. The fourth-order valence-corrected chi connectivity index (χ4v) is 4.82. The van der Waals surface area contributed by atoms with Crippen LogP contribution in [0.4, 0.5) is 0 Å². The average molecular weight is 311 g/mol. The highest BCUT2D eigenvalue weighted by molar-refractivity contribution is 5.84. The number of rotatable bonds is 3. The lowest BCUT2D eigenvalue weighted by Crippen LogP contribution is -2.61. The zero-order valence-electron chi connectivity index (χ0n) is 14.1. The highest BCUT2D eigenvalue weighted by Gasteiger charge is 2.43. The van der Waals surface area contributed by atoms with E-state index < -0.39 is 0 Å². The van der Waals surface area contributed by atoms with Gasteiger partial charge in [-0.1, -0.05) is 18.2 Å². The molecule has 0 amide bonds. The van der Waals surface area contributed by atoms with Crippen molar-refractivity contribution in [3.05, 3.63) is 36.5 Å². The molecule has 0 spiro atoms. The van der Waals surface area contributed by atoms with Gasteiger partial charge in [-0.05, 0) is 37.8 Å². The molecule has 2 aromatic rings. The topological polar surface area (TPSA) is 22.1 Å². The maximum absolute atomic E-state index is 6.28. The van der Waals surface area contributed by atoms with Gasteiger partial charge in [0.25, 0.3) is 0 Å². The number of pyridine rings is 1. The van der Waals surface area contributed by atoms with Crippen molar-refractivity contribution < 1.29 is 9.22 Å². The summed E-state index contributed by atoms with van der Waals surface area (Å²) in [5.74, 6) is 1.63. The summed E-state index contributed by atoms with van der Waals surface area (Å²) in [6.45, 7) is 3.56. The third kappa shape index (κ3) is 2.83. The number of para-hydroxylation sites is 1. The second-order valence-corrected chi connectivity index (χ2v) is 7.53. The normalized spacial score (nSPS) is 30.8. The molecule has 0 saturated carbocycles. The highest BCUT2D eigenvalue weighted by Crippen LogP contribution is 2.36. The molecular weight excluding hydrogens is 284 g/mol. The summed E-state index contributed by atoms with van der Waals surface area (Å²) in [5.41, 5.74) is 0.992. The highest BCUT2D eigenvalue weighted by atomic mass is 16.5. The number of quaternary nitrogens is 1. The Balaban J connectivity index is 1.51. The quantitative estimate of drug-likeness (QED) is 0.799. The van der Waals surface area contributed by atoms with Crippen LogP contribution in [0.5, 0.6) is 5.75 Å². The summed E-state index contributed by atoms with van der Waals surface area (Å²) in [5, 5.41) is 1.16. The second-order valence-electron chi connectivity index (χ2n) is 7.53. The van der Waals surface area contributed by atoms with Gasteiger partial charge in [0.15, 0.2) is 0 Å². The number of hydrogen-bond acceptors (Lipinski definition) is 2. The molecule has 3 heteroatoms. The van der Waals surface area contributed by atoms with E-state index in [2.05, 4.69) is 36.3 Å². The third-order valence-corrected chi connectivity index (χ3v) is 6.06. The molecule has 2 saturated heterocycles. The van der Waals surface area contributed by atoms with E-state index in [0.29, 0.717) is 5.92 Å². The summed E-state index contributed by atoms with van der Waals surface area (Å²) in [7, 11) is 2.47. The Morgan fingerprint density at radius 3 is 2.91 bits per heavy atom. The van der Waals surface area contributed by atoms with Crippen molar-refractivity contribution in [3.63, 3.8) is 0 Å². The molecule has 2 fully saturated rings. The molecule has 1 aromatic heterocycles. The number of nitrogens with zero attached hydrogens (tertiary/aromatic N) is 2. The Morgan fingerprint density at radius 2 is 1.96 bits per heavy atom. The number of aromatic nitrogens is 1. The van der Waals surface area contributed by atoms with E-state index >= 15 is 0 Å². The van der Waals surface area contributed by atoms with Crippen molar-refractivity contribution in [1.82, 2.24) is 4.98 Å². The monoisotopic (exact) mass is 311 g/mol.